The zero-order valence-electron chi connectivity index (χ0n) is 16.0. The van der Waals surface area contributed by atoms with E-state index in [2.05, 4.69) is 10.6 Å². The number of allylic oxidation sites excluding steroid dienone is 1. The third kappa shape index (κ3) is 5.05. The van der Waals surface area contributed by atoms with Crippen LogP contribution in [0.1, 0.15) is 32.4 Å². The lowest BCUT2D eigenvalue weighted by molar-refractivity contribution is -0.140. The number of carbonyl (C=O) groups is 2. The molecule has 0 saturated heterocycles. The molecule has 1 amide bonds. The van der Waals surface area contributed by atoms with E-state index < -0.39 is 12.0 Å². The molecule has 1 unspecified atom stereocenters. The molecule has 1 aromatic carbocycles. The van der Waals surface area contributed by atoms with Crippen molar-refractivity contribution in [2.24, 2.45) is 0 Å². The second kappa shape index (κ2) is 9.48. The van der Waals surface area contributed by atoms with Gasteiger partial charge in [0.05, 0.1) is 18.2 Å². The molecule has 0 aliphatic carbocycles. The number of carbonyl (C=O) groups excluding carboxylic acids is 2. The van der Waals surface area contributed by atoms with Crippen LogP contribution in [0.3, 0.4) is 0 Å². The molecule has 0 bridgehead atoms. The van der Waals surface area contributed by atoms with E-state index in [0.29, 0.717) is 29.5 Å². The second-order valence-corrected chi connectivity index (χ2v) is 6.44. The second-order valence-electron chi connectivity index (χ2n) is 6.06. The molecule has 7 nitrogen and oxygen atoms in total. The van der Waals surface area contributed by atoms with Gasteiger partial charge in [-0.25, -0.2) is 4.79 Å². The first-order chi connectivity index (χ1) is 12.9. The minimum absolute atomic E-state index is 0.142. The van der Waals surface area contributed by atoms with Gasteiger partial charge < -0.3 is 25.0 Å². The molecule has 2 N–H and O–H groups in total. The molecule has 8 heteroatoms. The topological polar surface area (TPSA) is 79.9 Å². The maximum atomic E-state index is 12.7. The van der Waals surface area contributed by atoms with Crippen LogP contribution in [0.2, 0.25) is 0 Å². The Morgan fingerprint density at radius 1 is 1.26 bits per heavy atom. The lowest BCUT2D eigenvalue weighted by atomic mass is 9.95. The maximum absolute atomic E-state index is 12.7. The first kappa shape index (κ1) is 20.9. The van der Waals surface area contributed by atoms with Crippen molar-refractivity contribution >= 4 is 34.9 Å². The summed E-state index contributed by atoms with van der Waals surface area (Å²) >= 11 is 5.46. The van der Waals surface area contributed by atoms with Crippen molar-refractivity contribution in [2.75, 3.05) is 32.2 Å². The molecule has 1 aliphatic heterocycles. The highest BCUT2D eigenvalue weighted by molar-refractivity contribution is 7.80. The quantitative estimate of drug-likeness (QED) is 0.420. The molecule has 146 valence electrons. The summed E-state index contributed by atoms with van der Waals surface area (Å²) < 4.78 is 10.3. The van der Waals surface area contributed by atoms with E-state index in [9.17, 15) is 9.59 Å². The molecule has 1 aliphatic rings. The number of rotatable bonds is 7. The van der Waals surface area contributed by atoms with Gasteiger partial charge in [-0.15, -0.1) is 0 Å². The molecule has 0 saturated carbocycles. The van der Waals surface area contributed by atoms with E-state index in [1.807, 2.05) is 30.9 Å². The Balaban J connectivity index is 2.36. The molecule has 2 rings (SSSR count). The molecule has 1 aromatic rings. The molecule has 27 heavy (non-hydrogen) atoms. The van der Waals surface area contributed by atoms with Gasteiger partial charge in [0.1, 0.15) is 6.61 Å². The number of anilines is 1. The van der Waals surface area contributed by atoms with Crippen molar-refractivity contribution in [3.05, 3.63) is 41.1 Å². The van der Waals surface area contributed by atoms with Crippen molar-refractivity contribution in [2.45, 2.75) is 26.8 Å². The van der Waals surface area contributed by atoms with E-state index in [1.165, 1.54) is 6.92 Å². The number of hydrogen-bond donors (Lipinski definition) is 2. The Kier molecular flexibility index (Phi) is 7.32. The minimum atomic E-state index is -0.429. The van der Waals surface area contributed by atoms with Crippen molar-refractivity contribution in [3.63, 3.8) is 0 Å². The zero-order chi connectivity index (χ0) is 20.0. The maximum Gasteiger partial charge on any atom is 0.338 e. The van der Waals surface area contributed by atoms with Crippen LogP contribution in [0.4, 0.5) is 5.69 Å². The van der Waals surface area contributed by atoms with Crippen molar-refractivity contribution < 1.29 is 19.1 Å². The Morgan fingerprint density at radius 2 is 1.93 bits per heavy atom. The highest BCUT2D eigenvalue weighted by Crippen LogP contribution is 2.31. The lowest BCUT2D eigenvalue weighted by Crippen LogP contribution is -2.47. The van der Waals surface area contributed by atoms with Crippen LogP contribution in [0.15, 0.2) is 35.5 Å². The third-order valence-electron chi connectivity index (χ3n) is 4.22. The fraction of sp³-hybridized carbons (Fsp3) is 0.421. The van der Waals surface area contributed by atoms with Crippen LogP contribution < -0.4 is 10.6 Å². The van der Waals surface area contributed by atoms with Crippen LogP contribution in [-0.2, 0) is 19.1 Å². The summed E-state index contributed by atoms with van der Waals surface area (Å²) in [5.74, 6) is -0.551. The summed E-state index contributed by atoms with van der Waals surface area (Å²) in [5, 5.41) is 6.51. The van der Waals surface area contributed by atoms with Crippen LogP contribution >= 0.6 is 12.2 Å². The lowest BCUT2D eigenvalue weighted by Gasteiger charge is -2.37. The highest BCUT2D eigenvalue weighted by Gasteiger charge is 2.34. The molecular weight excluding hydrogens is 366 g/mol. The van der Waals surface area contributed by atoms with Gasteiger partial charge in [-0.3, -0.25) is 4.79 Å². The van der Waals surface area contributed by atoms with E-state index in [-0.39, 0.29) is 12.5 Å². The molecule has 0 fully saturated rings. The number of ether oxygens (including phenoxy) is 2. The predicted octanol–water partition coefficient (Wildman–Crippen LogP) is 2.36. The zero-order valence-corrected chi connectivity index (χ0v) is 16.8. The van der Waals surface area contributed by atoms with Crippen LogP contribution in [0.5, 0.6) is 0 Å². The predicted molar refractivity (Wildman–Crippen MR) is 107 cm³/mol. The number of methoxy groups -OCH3 is 1. The standard InChI is InChI=1S/C19H25N3O4S/c1-5-22-12(2)16(18(24)26-11-10-25-4)17(21-19(22)27)14-6-8-15(9-7-14)20-13(3)23/h6-9,17H,5,10-11H2,1-4H3,(H,20,23)(H,21,27). The SMILES string of the molecule is CCN1C(=S)NC(c2ccc(NC(C)=O)cc2)C(C(=O)OCCOC)=C1C. The van der Waals surface area contributed by atoms with E-state index >= 15 is 0 Å². The number of nitrogens with one attached hydrogen (secondary N) is 2. The number of hydrogen-bond acceptors (Lipinski definition) is 5. The Bertz CT molecular complexity index is 746. The van der Waals surface area contributed by atoms with Crippen LogP contribution in [-0.4, -0.2) is 48.8 Å². The summed E-state index contributed by atoms with van der Waals surface area (Å²) in [6, 6.07) is 6.85. The summed E-state index contributed by atoms with van der Waals surface area (Å²) in [6.45, 7) is 6.43. The normalized spacial score (nSPS) is 16.8. The molecule has 0 spiro atoms. The van der Waals surface area contributed by atoms with Gasteiger partial charge in [-0.05, 0) is 43.8 Å². The summed E-state index contributed by atoms with van der Waals surface area (Å²) in [5.41, 5.74) is 2.80. The number of esters is 1. The van der Waals surface area contributed by atoms with Crippen molar-refractivity contribution in [1.82, 2.24) is 10.2 Å². The fourth-order valence-electron chi connectivity index (χ4n) is 2.93. The van der Waals surface area contributed by atoms with Gasteiger partial charge in [0.15, 0.2) is 5.11 Å². The average Bonchev–Trinajstić information content (AvgIpc) is 2.62. The van der Waals surface area contributed by atoms with Gasteiger partial charge in [0, 0.05) is 32.0 Å². The Hall–Kier alpha value is -2.45. The first-order valence-corrected chi connectivity index (χ1v) is 9.12. The number of benzene rings is 1. The number of nitrogens with zero attached hydrogens (tertiary/aromatic N) is 1. The van der Waals surface area contributed by atoms with Gasteiger partial charge >= 0.3 is 5.97 Å². The number of amides is 1. The van der Waals surface area contributed by atoms with E-state index in [4.69, 9.17) is 21.7 Å². The molecule has 0 aromatic heterocycles. The summed E-state index contributed by atoms with van der Waals surface area (Å²) in [4.78, 5) is 25.8. The van der Waals surface area contributed by atoms with Crippen molar-refractivity contribution in [3.8, 4) is 0 Å². The van der Waals surface area contributed by atoms with Gasteiger partial charge in [0.25, 0.3) is 0 Å². The van der Waals surface area contributed by atoms with Gasteiger partial charge in [0.2, 0.25) is 5.91 Å². The van der Waals surface area contributed by atoms with Gasteiger partial charge in [-0.2, -0.15) is 0 Å². The Labute approximate surface area is 164 Å². The smallest absolute Gasteiger partial charge is 0.338 e. The molecule has 1 atom stereocenters. The Morgan fingerprint density at radius 3 is 2.48 bits per heavy atom. The molecular formula is C19H25N3O4S. The average molecular weight is 391 g/mol. The molecule has 1 heterocycles. The number of thiocarbonyl (C=S) groups is 1. The van der Waals surface area contributed by atoms with Crippen LogP contribution in [0, 0.1) is 0 Å². The van der Waals surface area contributed by atoms with Crippen LogP contribution in [0.25, 0.3) is 0 Å². The first-order valence-electron chi connectivity index (χ1n) is 8.71. The van der Waals surface area contributed by atoms with E-state index in [1.54, 1.807) is 19.2 Å². The highest BCUT2D eigenvalue weighted by atomic mass is 32.1. The summed E-state index contributed by atoms with van der Waals surface area (Å²) in [6.07, 6.45) is 0. The molecule has 0 radical (unpaired) electrons. The minimum Gasteiger partial charge on any atom is -0.460 e. The van der Waals surface area contributed by atoms with Crippen molar-refractivity contribution in [1.29, 1.82) is 0 Å². The monoisotopic (exact) mass is 391 g/mol. The van der Waals surface area contributed by atoms with Gasteiger partial charge in [-0.1, -0.05) is 12.1 Å². The summed E-state index contributed by atoms with van der Waals surface area (Å²) in [7, 11) is 1.55. The third-order valence-corrected chi connectivity index (χ3v) is 4.56. The van der Waals surface area contributed by atoms with E-state index in [0.717, 1.165) is 11.3 Å². The largest absolute Gasteiger partial charge is 0.460 e. The fourth-order valence-corrected chi connectivity index (χ4v) is 3.32.